The van der Waals surface area contributed by atoms with E-state index in [2.05, 4.69) is 40.7 Å². The van der Waals surface area contributed by atoms with E-state index in [1.165, 1.54) is 44.9 Å². The molecular formula is C27H46O2. The molecule has 2 nitrogen and oxygen atoms in total. The summed E-state index contributed by atoms with van der Waals surface area (Å²) in [7, 11) is 0. The maximum absolute atomic E-state index is 10.3. The summed E-state index contributed by atoms with van der Waals surface area (Å²) in [5.74, 6) is 4.51. The Labute approximate surface area is 179 Å². The molecule has 0 amide bonds. The van der Waals surface area contributed by atoms with E-state index in [4.69, 9.17) is 0 Å². The Bertz CT molecular complexity index is 624. The molecule has 3 fully saturated rings. The standard InChI is InChI=1S/C27H46O2/c1-17(2)25(29)11-6-18(3)22-9-10-23-21-8-7-19-16-20(28)12-14-26(19,4)24(21)13-15-27(22,23)5/h7,17-18,20-25,28-29H,6,8-16H2,1-5H3/t18-,20+,21+,22?,23?,24?,25+,26+,27-/m1/s1. The fourth-order valence-electron chi connectivity index (χ4n) is 8.59. The molecule has 0 aromatic rings. The second kappa shape index (κ2) is 7.97. The van der Waals surface area contributed by atoms with Gasteiger partial charge < -0.3 is 10.2 Å². The molecule has 4 aliphatic rings. The summed E-state index contributed by atoms with van der Waals surface area (Å²) < 4.78 is 0. The average Bonchev–Trinajstić information content (AvgIpc) is 3.03. The first kappa shape index (κ1) is 21.9. The molecule has 4 aliphatic carbocycles. The van der Waals surface area contributed by atoms with Gasteiger partial charge in [-0.3, -0.25) is 0 Å². The SMILES string of the molecule is CC(C)[C@@H](O)CC[C@@H](C)C1CCC2[C@@H]3CC=C4C[C@@H](O)CC[C@]4(C)C3CC[C@@]21C. The second-order valence-electron chi connectivity index (χ2n) is 12.3. The Kier molecular flexibility index (Phi) is 6.01. The van der Waals surface area contributed by atoms with Gasteiger partial charge in [-0.05, 0) is 111 Å². The monoisotopic (exact) mass is 402 g/mol. The van der Waals surface area contributed by atoms with Crippen LogP contribution < -0.4 is 0 Å². The predicted molar refractivity (Wildman–Crippen MR) is 120 cm³/mol. The zero-order valence-corrected chi connectivity index (χ0v) is 19.7. The van der Waals surface area contributed by atoms with Crippen LogP contribution in [0.1, 0.15) is 98.8 Å². The fourth-order valence-corrected chi connectivity index (χ4v) is 8.59. The minimum atomic E-state index is -0.137. The number of aliphatic hydroxyl groups is 2. The van der Waals surface area contributed by atoms with Crippen LogP contribution in [0.5, 0.6) is 0 Å². The lowest BCUT2D eigenvalue weighted by Crippen LogP contribution is -2.50. The van der Waals surface area contributed by atoms with Crippen LogP contribution in [-0.2, 0) is 0 Å². The molecule has 0 aromatic carbocycles. The molecule has 0 heterocycles. The van der Waals surface area contributed by atoms with Crippen LogP contribution in [0.25, 0.3) is 0 Å². The molecule has 0 radical (unpaired) electrons. The van der Waals surface area contributed by atoms with Gasteiger partial charge in [-0.15, -0.1) is 0 Å². The van der Waals surface area contributed by atoms with Crippen molar-refractivity contribution in [2.75, 3.05) is 0 Å². The lowest BCUT2D eigenvalue weighted by atomic mass is 9.47. The Morgan fingerprint density at radius 2 is 1.76 bits per heavy atom. The van der Waals surface area contributed by atoms with Crippen LogP contribution >= 0.6 is 0 Å². The van der Waals surface area contributed by atoms with Crippen molar-refractivity contribution in [1.29, 1.82) is 0 Å². The van der Waals surface area contributed by atoms with Gasteiger partial charge in [0.2, 0.25) is 0 Å². The fraction of sp³-hybridized carbons (Fsp3) is 0.926. The van der Waals surface area contributed by atoms with Gasteiger partial charge in [0, 0.05) is 0 Å². The minimum Gasteiger partial charge on any atom is -0.393 e. The highest BCUT2D eigenvalue weighted by molar-refractivity contribution is 5.25. The first-order valence-corrected chi connectivity index (χ1v) is 12.7. The van der Waals surface area contributed by atoms with Gasteiger partial charge in [0.25, 0.3) is 0 Å². The summed E-state index contributed by atoms with van der Waals surface area (Å²) in [6.07, 6.45) is 14.4. The van der Waals surface area contributed by atoms with Crippen LogP contribution in [0.15, 0.2) is 11.6 Å². The van der Waals surface area contributed by atoms with Crippen LogP contribution in [0.2, 0.25) is 0 Å². The molecule has 0 aromatic heterocycles. The molecule has 3 unspecified atom stereocenters. The molecule has 2 N–H and O–H groups in total. The zero-order valence-electron chi connectivity index (χ0n) is 19.7. The smallest absolute Gasteiger partial charge is 0.0577 e. The Morgan fingerprint density at radius 3 is 2.48 bits per heavy atom. The third-order valence-corrected chi connectivity index (χ3v) is 10.5. The third kappa shape index (κ3) is 3.65. The van der Waals surface area contributed by atoms with E-state index >= 15 is 0 Å². The van der Waals surface area contributed by atoms with Crippen LogP contribution in [0.4, 0.5) is 0 Å². The number of allylic oxidation sites excluding steroid dienone is 1. The first-order valence-electron chi connectivity index (χ1n) is 12.7. The largest absolute Gasteiger partial charge is 0.393 e. The lowest BCUT2D eigenvalue weighted by Gasteiger charge is -2.58. The van der Waals surface area contributed by atoms with E-state index in [0.717, 1.165) is 48.9 Å². The molecule has 166 valence electrons. The van der Waals surface area contributed by atoms with Crippen LogP contribution in [0.3, 0.4) is 0 Å². The molecule has 3 saturated carbocycles. The molecule has 0 aliphatic heterocycles. The molecule has 9 atom stereocenters. The summed E-state index contributed by atoms with van der Waals surface area (Å²) in [4.78, 5) is 0. The Balaban J connectivity index is 1.49. The number of rotatable bonds is 5. The topological polar surface area (TPSA) is 40.5 Å². The lowest BCUT2D eigenvalue weighted by molar-refractivity contribution is -0.0579. The number of hydrogen-bond acceptors (Lipinski definition) is 2. The highest BCUT2D eigenvalue weighted by atomic mass is 16.3. The molecule has 0 spiro atoms. The highest BCUT2D eigenvalue weighted by Crippen LogP contribution is 2.67. The van der Waals surface area contributed by atoms with E-state index < -0.39 is 0 Å². The van der Waals surface area contributed by atoms with Gasteiger partial charge >= 0.3 is 0 Å². The van der Waals surface area contributed by atoms with Crippen molar-refractivity contribution in [3.05, 3.63) is 11.6 Å². The zero-order chi connectivity index (χ0) is 21.0. The van der Waals surface area contributed by atoms with Gasteiger partial charge in [0.15, 0.2) is 0 Å². The quantitative estimate of drug-likeness (QED) is 0.525. The Hall–Kier alpha value is -0.340. The van der Waals surface area contributed by atoms with Gasteiger partial charge in [-0.2, -0.15) is 0 Å². The Morgan fingerprint density at radius 1 is 1.00 bits per heavy atom. The molecular weight excluding hydrogens is 356 g/mol. The van der Waals surface area contributed by atoms with Crippen molar-refractivity contribution < 1.29 is 10.2 Å². The third-order valence-electron chi connectivity index (χ3n) is 10.5. The summed E-state index contributed by atoms with van der Waals surface area (Å²) in [5, 5.41) is 20.5. The second-order valence-corrected chi connectivity index (χ2v) is 12.3. The van der Waals surface area contributed by atoms with Gasteiger partial charge in [-0.1, -0.05) is 46.3 Å². The minimum absolute atomic E-state index is 0.0994. The molecule has 2 heteroatoms. The average molecular weight is 403 g/mol. The first-order chi connectivity index (χ1) is 13.7. The van der Waals surface area contributed by atoms with Crippen molar-refractivity contribution in [3.63, 3.8) is 0 Å². The van der Waals surface area contributed by atoms with E-state index in [1.807, 2.05) is 0 Å². The van der Waals surface area contributed by atoms with Gasteiger partial charge in [0.05, 0.1) is 12.2 Å². The van der Waals surface area contributed by atoms with Crippen LogP contribution in [-0.4, -0.2) is 22.4 Å². The predicted octanol–water partition coefficient (Wildman–Crippen LogP) is 6.36. The number of aliphatic hydroxyl groups excluding tert-OH is 2. The normalized spacial score (nSPS) is 46.5. The van der Waals surface area contributed by atoms with Gasteiger partial charge in [0.1, 0.15) is 0 Å². The van der Waals surface area contributed by atoms with Crippen molar-refractivity contribution in [2.45, 2.75) is 111 Å². The molecule has 29 heavy (non-hydrogen) atoms. The number of hydrogen-bond donors (Lipinski definition) is 2. The molecule has 4 rings (SSSR count). The van der Waals surface area contributed by atoms with Crippen molar-refractivity contribution >= 4 is 0 Å². The van der Waals surface area contributed by atoms with Crippen molar-refractivity contribution in [1.82, 2.24) is 0 Å². The van der Waals surface area contributed by atoms with E-state index in [-0.39, 0.29) is 12.2 Å². The number of fused-ring (bicyclic) bond motifs is 5. The van der Waals surface area contributed by atoms with Gasteiger partial charge in [-0.25, -0.2) is 0 Å². The van der Waals surface area contributed by atoms with Crippen LogP contribution in [0, 0.1) is 46.3 Å². The summed E-state index contributed by atoms with van der Waals surface area (Å²) in [6, 6.07) is 0. The van der Waals surface area contributed by atoms with Crippen molar-refractivity contribution in [2.24, 2.45) is 46.3 Å². The summed E-state index contributed by atoms with van der Waals surface area (Å²) in [6.45, 7) is 11.9. The van der Waals surface area contributed by atoms with E-state index in [1.54, 1.807) is 5.57 Å². The highest BCUT2D eigenvalue weighted by Gasteiger charge is 2.59. The molecule has 0 bridgehead atoms. The maximum atomic E-state index is 10.3. The maximum Gasteiger partial charge on any atom is 0.0577 e. The summed E-state index contributed by atoms with van der Waals surface area (Å²) >= 11 is 0. The molecule has 0 saturated heterocycles. The van der Waals surface area contributed by atoms with Crippen molar-refractivity contribution in [3.8, 4) is 0 Å². The van der Waals surface area contributed by atoms with E-state index in [9.17, 15) is 10.2 Å². The van der Waals surface area contributed by atoms with E-state index in [0.29, 0.717) is 16.7 Å². The summed E-state index contributed by atoms with van der Waals surface area (Å²) in [5.41, 5.74) is 2.44.